The molecular weight excluding hydrogens is 615 g/mol. The first-order valence-corrected chi connectivity index (χ1v) is 15.1. The van der Waals surface area contributed by atoms with Crippen LogP contribution in [-0.4, -0.2) is 58.3 Å². The molecule has 1 aliphatic rings. The fourth-order valence-electron chi connectivity index (χ4n) is 5.69. The summed E-state index contributed by atoms with van der Waals surface area (Å²) >= 11 is 6.14. The first-order valence-electron chi connectivity index (χ1n) is 14.7. The molecular formula is C34H32ClFN4O6. The Labute approximate surface area is 269 Å². The summed E-state index contributed by atoms with van der Waals surface area (Å²) in [5.74, 6) is -5.20. The molecule has 0 saturated heterocycles. The topological polar surface area (TPSA) is 140 Å². The third-order valence-corrected chi connectivity index (χ3v) is 8.20. The van der Waals surface area contributed by atoms with Crippen molar-refractivity contribution in [2.45, 2.75) is 43.6 Å². The van der Waals surface area contributed by atoms with Crippen LogP contribution < -0.4 is 10.6 Å². The van der Waals surface area contributed by atoms with Crippen LogP contribution in [0.15, 0.2) is 78.9 Å². The van der Waals surface area contributed by atoms with Gasteiger partial charge in [-0.2, -0.15) is 5.10 Å². The number of aromatic nitrogens is 2. The molecule has 0 fully saturated rings. The highest BCUT2D eigenvalue weighted by Gasteiger charge is 2.36. The molecule has 1 heterocycles. The highest BCUT2D eigenvalue weighted by molar-refractivity contribution is 6.30. The average molecular weight is 647 g/mol. The highest BCUT2D eigenvalue weighted by atomic mass is 35.5. The molecule has 3 atom stereocenters. The molecule has 0 aliphatic heterocycles. The number of carbonyl (C=O) groups excluding carboxylic acids is 3. The monoisotopic (exact) mass is 646 g/mol. The number of rotatable bonds is 11. The summed E-state index contributed by atoms with van der Waals surface area (Å²) in [6, 6.07) is 20.3. The Kier molecular flexibility index (Phi) is 10.1. The summed E-state index contributed by atoms with van der Waals surface area (Å²) < 4.78 is 20.4. The molecule has 1 aliphatic carbocycles. The van der Waals surface area contributed by atoms with Gasteiger partial charge in [0.2, 0.25) is 11.8 Å². The molecule has 238 valence electrons. The van der Waals surface area contributed by atoms with Crippen molar-refractivity contribution in [3.8, 4) is 16.9 Å². The van der Waals surface area contributed by atoms with Crippen molar-refractivity contribution in [1.29, 1.82) is 0 Å². The Hall–Kier alpha value is -5.03. The number of carboxylic acid groups (broad SMARTS) is 1. The predicted molar refractivity (Wildman–Crippen MR) is 168 cm³/mol. The lowest BCUT2D eigenvalue weighted by Gasteiger charge is -2.24. The maximum atomic E-state index is 13.8. The van der Waals surface area contributed by atoms with Crippen LogP contribution in [-0.2, 0) is 30.3 Å². The van der Waals surface area contributed by atoms with E-state index >= 15 is 0 Å². The molecule has 2 amide bonds. The average Bonchev–Trinajstić information content (AvgIpc) is 3.45. The summed E-state index contributed by atoms with van der Waals surface area (Å²) in [5.41, 5.74) is 4.03. The number of fused-ring (bicyclic) bond motifs is 1. The minimum Gasteiger partial charge on any atom is -0.481 e. The van der Waals surface area contributed by atoms with Gasteiger partial charge < -0.3 is 20.5 Å². The van der Waals surface area contributed by atoms with Crippen LogP contribution in [0.5, 0.6) is 0 Å². The Morgan fingerprint density at radius 2 is 1.74 bits per heavy atom. The molecule has 3 aromatic carbocycles. The van der Waals surface area contributed by atoms with Gasteiger partial charge in [-0.1, -0.05) is 54.1 Å². The van der Waals surface area contributed by atoms with E-state index in [-0.39, 0.29) is 6.54 Å². The number of methoxy groups -OCH3 is 1. The van der Waals surface area contributed by atoms with Gasteiger partial charge in [0.1, 0.15) is 11.9 Å². The Morgan fingerprint density at radius 3 is 2.39 bits per heavy atom. The number of carbonyl (C=O) groups is 4. The number of esters is 1. The zero-order valence-electron chi connectivity index (χ0n) is 24.9. The van der Waals surface area contributed by atoms with Crippen LogP contribution in [0.1, 0.15) is 47.9 Å². The lowest BCUT2D eigenvalue weighted by atomic mass is 9.85. The summed E-state index contributed by atoms with van der Waals surface area (Å²) in [6.07, 6.45) is 0.991. The van der Waals surface area contributed by atoms with E-state index in [1.807, 2.05) is 12.1 Å². The minimum absolute atomic E-state index is 0.165. The van der Waals surface area contributed by atoms with Crippen LogP contribution in [0.25, 0.3) is 16.9 Å². The number of nitrogens with zero attached hydrogens (tertiary/aromatic N) is 2. The van der Waals surface area contributed by atoms with Crippen LogP contribution in [0.4, 0.5) is 4.39 Å². The first-order chi connectivity index (χ1) is 22.2. The van der Waals surface area contributed by atoms with E-state index in [4.69, 9.17) is 21.4 Å². The molecule has 3 unspecified atom stereocenters. The number of carboxylic acids is 1. The number of hydrogen-bond donors (Lipinski definition) is 3. The lowest BCUT2D eigenvalue weighted by molar-refractivity contribution is -0.143. The van der Waals surface area contributed by atoms with E-state index in [0.717, 1.165) is 16.8 Å². The van der Waals surface area contributed by atoms with Crippen molar-refractivity contribution < 1.29 is 33.4 Å². The summed E-state index contributed by atoms with van der Waals surface area (Å²) in [5, 5.41) is 20.2. The third-order valence-electron chi connectivity index (χ3n) is 7.95. The number of benzene rings is 3. The molecule has 10 nitrogen and oxygen atoms in total. The van der Waals surface area contributed by atoms with Crippen molar-refractivity contribution in [2.24, 2.45) is 0 Å². The van der Waals surface area contributed by atoms with Gasteiger partial charge in [0.05, 0.1) is 42.4 Å². The van der Waals surface area contributed by atoms with E-state index in [2.05, 4.69) is 10.6 Å². The molecule has 4 aromatic rings. The van der Waals surface area contributed by atoms with Gasteiger partial charge in [-0.15, -0.1) is 0 Å². The number of aliphatic carboxylic acids is 1. The smallest absolute Gasteiger partial charge is 0.314 e. The Morgan fingerprint density at radius 1 is 1.04 bits per heavy atom. The molecule has 5 rings (SSSR count). The van der Waals surface area contributed by atoms with E-state index in [1.54, 1.807) is 59.3 Å². The standard InChI is InChI=1S/C34H32ClFN4O6/c1-46-34(45)27(20-6-3-2-4-7-20)19-37-33(44)28(18-29(41)42)38-32(43)26-9-5-8-25-30(26)39-40(24-16-14-23(36)15-17-24)31(25)21-10-12-22(35)13-11-21/h2-4,6-7,10-17,26-28H,5,8-9,18-19H2,1H3,(H,37,44)(H,38,43)(H,41,42). The van der Waals surface area contributed by atoms with E-state index in [0.29, 0.717) is 41.2 Å². The molecule has 0 bridgehead atoms. The first kappa shape index (κ1) is 32.4. The molecule has 0 radical (unpaired) electrons. The van der Waals surface area contributed by atoms with Gasteiger partial charge in [-0.05, 0) is 61.2 Å². The number of halogens is 2. The predicted octanol–water partition coefficient (Wildman–Crippen LogP) is 4.78. The van der Waals surface area contributed by atoms with Gasteiger partial charge in [0.15, 0.2) is 0 Å². The van der Waals surface area contributed by atoms with E-state index in [1.165, 1.54) is 19.2 Å². The molecule has 1 aromatic heterocycles. The number of nitrogens with one attached hydrogen (secondary N) is 2. The van der Waals surface area contributed by atoms with Gasteiger partial charge in [0, 0.05) is 22.7 Å². The molecule has 0 spiro atoms. The van der Waals surface area contributed by atoms with Gasteiger partial charge in [-0.25, -0.2) is 9.07 Å². The van der Waals surface area contributed by atoms with Crippen molar-refractivity contribution in [3.05, 3.63) is 107 Å². The summed E-state index contributed by atoms with van der Waals surface area (Å²) in [4.78, 5) is 51.3. The SMILES string of the molecule is COC(=O)C(CNC(=O)C(CC(=O)O)NC(=O)C1CCCc2c1nn(-c1ccc(F)cc1)c2-c1ccc(Cl)cc1)c1ccccc1. The summed E-state index contributed by atoms with van der Waals surface area (Å²) in [7, 11) is 1.24. The van der Waals surface area contributed by atoms with Crippen LogP contribution >= 0.6 is 11.6 Å². The fraction of sp³-hybridized carbons (Fsp3) is 0.265. The molecule has 0 saturated carbocycles. The minimum atomic E-state index is -1.42. The maximum absolute atomic E-state index is 13.8. The van der Waals surface area contributed by atoms with Crippen LogP contribution in [0, 0.1) is 5.82 Å². The Balaban J connectivity index is 1.42. The highest BCUT2D eigenvalue weighted by Crippen LogP contribution is 2.39. The Bertz CT molecular complexity index is 1730. The van der Waals surface area contributed by atoms with Gasteiger partial charge in [0.25, 0.3) is 0 Å². The lowest BCUT2D eigenvalue weighted by Crippen LogP contribution is -2.50. The van der Waals surface area contributed by atoms with E-state index in [9.17, 15) is 28.7 Å². The van der Waals surface area contributed by atoms with Crippen molar-refractivity contribution >= 4 is 35.4 Å². The maximum Gasteiger partial charge on any atom is 0.314 e. The second-order valence-electron chi connectivity index (χ2n) is 10.9. The fourth-order valence-corrected chi connectivity index (χ4v) is 5.81. The largest absolute Gasteiger partial charge is 0.481 e. The van der Waals surface area contributed by atoms with Crippen molar-refractivity contribution in [1.82, 2.24) is 20.4 Å². The van der Waals surface area contributed by atoms with Gasteiger partial charge in [-0.3, -0.25) is 19.2 Å². The molecule has 46 heavy (non-hydrogen) atoms. The van der Waals surface area contributed by atoms with Gasteiger partial charge >= 0.3 is 11.9 Å². The second kappa shape index (κ2) is 14.4. The zero-order chi connectivity index (χ0) is 32.8. The van der Waals surface area contributed by atoms with Crippen LogP contribution in [0.2, 0.25) is 5.02 Å². The van der Waals surface area contributed by atoms with Crippen LogP contribution in [0.3, 0.4) is 0 Å². The normalized spacial score (nSPS) is 15.2. The van der Waals surface area contributed by atoms with Crippen molar-refractivity contribution in [3.63, 3.8) is 0 Å². The third kappa shape index (κ3) is 7.26. The number of ether oxygens (including phenoxy) is 1. The quantitative estimate of drug-likeness (QED) is 0.199. The molecule has 3 N–H and O–H groups in total. The summed E-state index contributed by atoms with van der Waals surface area (Å²) in [6.45, 7) is -0.165. The van der Waals surface area contributed by atoms with Crippen molar-refractivity contribution in [2.75, 3.05) is 13.7 Å². The number of hydrogen-bond acceptors (Lipinski definition) is 6. The number of amides is 2. The van der Waals surface area contributed by atoms with E-state index < -0.39 is 53.9 Å². The second-order valence-corrected chi connectivity index (χ2v) is 11.4. The zero-order valence-corrected chi connectivity index (χ0v) is 25.7. The molecule has 12 heteroatoms.